The van der Waals surface area contributed by atoms with E-state index >= 15 is 0 Å². The van der Waals surface area contributed by atoms with E-state index in [1.807, 2.05) is 7.05 Å². The van der Waals surface area contributed by atoms with Gasteiger partial charge in [0.2, 0.25) is 0 Å². The molecule has 0 saturated carbocycles. The highest BCUT2D eigenvalue weighted by molar-refractivity contribution is 9.10. The lowest BCUT2D eigenvalue weighted by Crippen LogP contribution is -2.26. The van der Waals surface area contributed by atoms with E-state index in [0.717, 1.165) is 33.9 Å². The molecule has 4 nitrogen and oxygen atoms in total. The van der Waals surface area contributed by atoms with Crippen molar-refractivity contribution in [2.24, 2.45) is 7.05 Å². The van der Waals surface area contributed by atoms with Gasteiger partial charge < -0.3 is 5.32 Å². The summed E-state index contributed by atoms with van der Waals surface area (Å²) in [6.45, 7) is 3.06. The van der Waals surface area contributed by atoms with Gasteiger partial charge >= 0.3 is 0 Å². The van der Waals surface area contributed by atoms with E-state index in [2.05, 4.69) is 38.5 Å². The number of rotatable bonds is 7. The number of halogens is 2. The maximum Gasteiger partial charge on any atom is 0.153 e. The molecule has 21 heavy (non-hydrogen) atoms. The largest absolute Gasteiger partial charge is 0.308 e. The molecule has 0 saturated heterocycles. The number of hydrogen-bond donors (Lipinski definition) is 1. The first-order valence-electron chi connectivity index (χ1n) is 6.78. The summed E-state index contributed by atoms with van der Waals surface area (Å²) < 4.78 is 15.5. The van der Waals surface area contributed by atoms with Crippen molar-refractivity contribution in [3.8, 4) is 0 Å². The molecule has 0 bridgehead atoms. The molecule has 1 aromatic carbocycles. The van der Waals surface area contributed by atoms with Gasteiger partial charge in [0.05, 0.1) is 11.7 Å². The van der Waals surface area contributed by atoms with Crippen LogP contribution in [0.3, 0.4) is 0 Å². The first kappa shape index (κ1) is 16.5. The van der Waals surface area contributed by atoms with Crippen LogP contribution in [0.25, 0.3) is 0 Å². The second kappa shape index (κ2) is 7.91. The third-order valence-electron chi connectivity index (χ3n) is 3.03. The van der Waals surface area contributed by atoms with Gasteiger partial charge in [0.25, 0.3) is 0 Å². The van der Waals surface area contributed by atoms with Crippen LogP contribution >= 0.6 is 27.7 Å². The quantitative estimate of drug-likeness (QED) is 0.754. The zero-order chi connectivity index (χ0) is 15.2. The number of thioether (sulfide) groups is 1. The third-order valence-corrected chi connectivity index (χ3v) is 4.70. The molecule has 1 aromatic heterocycles. The maximum atomic E-state index is 12.9. The highest BCUT2D eigenvalue weighted by Gasteiger charge is 2.19. The highest BCUT2D eigenvalue weighted by atomic mass is 79.9. The number of nitrogens with zero attached hydrogens (tertiary/aromatic N) is 3. The lowest BCUT2D eigenvalue weighted by molar-refractivity contribution is 0.531. The van der Waals surface area contributed by atoms with Crippen molar-refractivity contribution in [2.45, 2.75) is 24.3 Å². The Hall–Kier alpha value is -0.920. The van der Waals surface area contributed by atoms with E-state index in [1.165, 1.54) is 12.1 Å². The Morgan fingerprint density at radius 2 is 2.10 bits per heavy atom. The minimum Gasteiger partial charge on any atom is -0.308 e. The number of benzene rings is 1. The van der Waals surface area contributed by atoms with Crippen LogP contribution in [0.5, 0.6) is 0 Å². The molecule has 0 aliphatic rings. The summed E-state index contributed by atoms with van der Waals surface area (Å²) in [5.41, 5.74) is 1.03. The Morgan fingerprint density at radius 3 is 2.67 bits per heavy atom. The van der Waals surface area contributed by atoms with Crippen LogP contribution in [-0.4, -0.2) is 27.3 Å². The van der Waals surface area contributed by atoms with Crippen molar-refractivity contribution in [1.82, 2.24) is 20.3 Å². The van der Waals surface area contributed by atoms with Crippen LogP contribution in [0.4, 0.5) is 4.39 Å². The Balaban J connectivity index is 2.08. The molecule has 1 unspecified atom stereocenters. The smallest absolute Gasteiger partial charge is 0.153 e. The number of nitrogens with one attached hydrogen (secondary N) is 1. The second-order valence-electron chi connectivity index (χ2n) is 4.66. The van der Waals surface area contributed by atoms with Crippen LogP contribution in [0.2, 0.25) is 0 Å². The van der Waals surface area contributed by atoms with Gasteiger partial charge in [-0.3, -0.25) is 0 Å². The van der Waals surface area contributed by atoms with E-state index in [0.29, 0.717) is 0 Å². The van der Waals surface area contributed by atoms with Gasteiger partial charge in [0.1, 0.15) is 5.82 Å². The molecule has 7 heteroatoms. The van der Waals surface area contributed by atoms with Crippen molar-refractivity contribution < 1.29 is 4.39 Å². The fraction of sp³-hybridized carbons (Fsp3) is 0.429. The van der Waals surface area contributed by atoms with Gasteiger partial charge in [-0.05, 0) is 53.2 Å². The fourth-order valence-corrected chi connectivity index (χ4v) is 3.54. The molecule has 0 spiro atoms. The number of aryl methyl sites for hydroxylation is 1. The predicted octanol–water partition coefficient (Wildman–Crippen LogP) is 3.55. The van der Waals surface area contributed by atoms with Crippen LogP contribution in [0, 0.1) is 5.82 Å². The van der Waals surface area contributed by atoms with Crippen LogP contribution in [0.15, 0.2) is 33.8 Å². The number of aromatic nitrogens is 3. The van der Waals surface area contributed by atoms with Gasteiger partial charge in [-0.25, -0.2) is 9.07 Å². The van der Waals surface area contributed by atoms with E-state index in [1.54, 1.807) is 28.6 Å². The normalized spacial score (nSPS) is 12.6. The molecular weight excluding hydrogens is 355 g/mol. The third kappa shape index (κ3) is 4.52. The summed E-state index contributed by atoms with van der Waals surface area (Å²) in [6.07, 6.45) is 1.06. The molecule has 0 aliphatic carbocycles. The monoisotopic (exact) mass is 372 g/mol. The van der Waals surface area contributed by atoms with E-state index in [9.17, 15) is 4.39 Å². The lowest BCUT2D eigenvalue weighted by atomic mass is 10.2. The standard InChI is InChI=1S/C14H18BrFN4S/c1-3-8-17-12(13-14(15)18-19-20(13)2)9-21-11-6-4-10(16)5-7-11/h4-7,12,17H,3,8-9H2,1-2H3. The van der Waals surface area contributed by atoms with Gasteiger partial charge in [0.15, 0.2) is 4.60 Å². The topological polar surface area (TPSA) is 42.7 Å². The molecular formula is C14H18BrFN4S. The van der Waals surface area contributed by atoms with Crippen molar-refractivity contribution >= 4 is 27.7 Å². The van der Waals surface area contributed by atoms with Gasteiger partial charge in [-0.2, -0.15) is 0 Å². The molecule has 114 valence electrons. The first-order valence-corrected chi connectivity index (χ1v) is 8.56. The minimum absolute atomic E-state index is 0.134. The molecule has 0 radical (unpaired) electrons. The van der Waals surface area contributed by atoms with Crippen molar-refractivity contribution in [2.75, 3.05) is 12.3 Å². The minimum atomic E-state index is -0.210. The molecule has 0 fully saturated rings. The Bertz CT molecular complexity index is 553. The molecule has 0 amide bonds. The van der Waals surface area contributed by atoms with Crippen LogP contribution in [0.1, 0.15) is 25.1 Å². The second-order valence-corrected chi connectivity index (χ2v) is 6.51. The molecule has 1 heterocycles. The highest BCUT2D eigenvalue weighted by Crippen LogP contribution is 2.27. The summed E-state index contributed by atoms with van der Waals surface area (Å²) >= 11 is 5.14. The molecule has 2 aromatic rings. The van der Waals surface area contributed by atoms with Crippen LogP contribution in [-0.2, 0) is 7.05 Å². The van der Waals surface area contributed by atoms with Gasteiger partial charge in [-0.15, -0.1) is 16.9 Å². The zero-order valence-electron chi connectivity index (χ0n) is 12.0. The maximum absolute atomic E-state index is 12.9. The molecule has 0 aliphatic heterocycles. The Kier molecular flexibility index (Phi) is 6.20. The Morgan fingerprint density at radius 1 is 1.38 bits per heavy atom. The Labute approximate surface area is 136 Å². The molecule has 1 atom stereocenters. The summed E-state index contributed by atoms with van der Waals surface area (Å²) in [4.78, 5) is 1.05. The van der Waals surface area contributed by atoms with E-state index in [-0.39, 0.29) is 11.9 Å². The SMILES string of the molecule is CCCNC(CSc1ccc(F)cc1)c1c(Br)nnn1C. The zero-order valence-corrected chi connectivity index (χ0v) is 14.4. The average molecular weight is 373 g/mol. The van der Waals surface area contributed by atoms with E-state index in [4.69, 9.17) is 0 Å². The lowest BCUT2D eigenvalue weighted by Gasteiger charge is -2.18. The predicted molar refractivity (Wildman–Crippen MR) is 86.9 cm³/mol. The van der Waals surface area contributed by atoms with Crippen LogP contribution < -0.4 is 5.32 Å². The van der Waals surface area contributed by atoms with Crippen molar-refractivity contribution in [3.05, 3.63) is 40.4 Å². The summed E-state index contributed by atoms with van der Waals surface area (Å²) in [6, 6.07) is 6.70. The summed E-state index contributed by atoms with van der Waals surface area (Å²) in [5, 5.41) is 11.6. The molecule has 1 N–H and O–H groups in total. The van der Waals surface area contributed by atoms with Crippen molar-refractivity contribution in [3.63, 3.8) is 0 Å². The fourth-order valence-electron chi connectivity index (χ4n) is 1.97. The first-order chi connectivity index (χ1) is 10.1. The van der Waals surface area contributed by atoms with Gasteiger partial charge in [-0.1, -0.05) is 12.1 Å². The van der Waals surface area contributed by atoms with Crippen molar-refractivity contribution in [1.29, 1.82) is 0 Å². The number of hydrogen-bond acceptors (Lipinski definition) is 4. The molecule has 2 rings (SSSR count). The van der Waals surface area contributed by atoms with Gasteiger partial charge in [0, 0.05) is 17.7 Å². The summed E-state index contributed by atoms with van der Waals surface area (Å²) in [7, 11) is 1.89. The average Bonchev–Trinajstić information content (AvgIpc) is 2.81. The van der Waals surface area contributed by atoms with E-state index < -0.39 is 0 Å². The summed E-state index contributed by atoms with van der Waals surface area (Å²) in [5.74, 6) is 0.615.